The zero-order valence-electron chi connectivity index (χ0n) is 7.18. The zero-order valence-corrected chi connectivity index (χ0v) is 7.99. The normalized spacial score (nSPS) is 37.9. The van der Waals surface area contributed by atoms with Crippen LogP contribution < -0.4 is 11.5 Å². The van der Waals surface area contributed by atoms with Crippen LogP contribution in [-0.2, 0) is 0 Å². The van der Waals surface area contributed by atoms with Crippen LogP contribution >= 0.6 is 12.4 Å². The molecule has 0 amide bonds. The first-order chi connectivity index (χ1) is 4.66. The van der Waals surface area contributed by atoms with Gasteiger partial charge in [0.25, 0.3) is 0 Å². The summed E-state index contributed by atoms with van der Waals surface area (Å²) < 4.78 is 0. The van der Waals surface area contributed by atoms with E-state index in [4.69, 9.17) is 11.5 Å². The SMILES string of the molecule is CCC1(N)CCC(N)CC1.Cl. The van der Waals surface area contributed by atoms with E-state index in [0.29, 0.717) is 6.04 Å². The molecular formula is C8H19ClN2. The van der Waals surface area contributed by atoms with Crippen molar-refractivity contribution in [1.82, 2.24) is 0 Å². The van der Waals surface area contributed by atoms with E-state index in [0.717, 1.165) is 32.1 Å². The third kappa shape index (κ3) is 2.97. The summed E-state index contributed by atoms with van der Waals surface area (Å²) >= 11 is 0. The Morgan fingerprint density at radius 3 is 2.18 bits per heavy atom. The summed E-state index contributed by atoms with van der Waals surface area (Å²) in [6, 6.07) is 0.420. The van der Waals surface area contributed by atoms with Gasteiger partial charge in [0.1, 0.15) is 0 Å². The molecule has 1 fully saturated rings. The lowest BCUT2D eigenvalue weighted by molar-refractivity contribution is 0.266. The highest BCUT2D eigenvalue weighted by Crippen LogP contribution is 2.27. The molecule has 1 aliphatic carbocycles. The molecule has 0 heterocycles. The van der Waals surface area contributed by atoms with Gasteiger partial charge in [0, 0.05) is 11.6 Å². The fourth-order valence-corrected chi connectivity index (χ4v) is 1.57. The van der Waals surface area contributed by atoms with Gasteiger partial charge in [0.2, 0.25) is 0 Å². The van der Waals surface area contributed by atoms with Gasteiger partial charge in [0.05, 0.1) is 0 Å². The molecule has 0 aromatic heterocycles. The van der Waals surface area contributed by atoms with Gasteiger partial charge in [-0.05, 0) is 32.1 Å². The minimum atomic E-state index is 0. The monoisotopic (exact) mass is 178 g/mol. The number of hydrogen-bond donors (Lipinski definition) is 2. The molecule has 11 heavy (non-hydrogen) atoms. The second-order valence-corrected chi connectivity index (χ2v) is 3.55. The van der Waals surface area contributed by atoms with E-state index >= 15 is 0 Å². The van der Waals surface area contributed by atoms with Crippen molar-refractivity contribution in [2.45, 2.75) is 50.6 Å². The largest absolute Gasteiger partial charge is 0.328 e. The van der Waals surface area contributed by atoms with Crippen LogP contribution in [0.1, 0.15) is 39.0 Å². The Morgan fingerprint density at radius 2 is 1.82 bits per heavy atom. The van der Waals surface area contributed by atoms with Gasteiger partial charge in [-0.25, -0.2) is 0 Å². The third-order valence-corrected chi connectivity index (χ3v) is 2.73. The highest BCUT2D eigenvalue weighted by atomic mass is 35.5. The summed E-state index contributed by atoms with van der Waals surface area (Å²) in [5, 5.41) is 0. The minimum Gasteiger partial charge on any atom is -0.328 e. The molecule has 0 unspecified atom stereocenters. The molecule has 0 spiro atoms. The van der Waals surface area contributed by atoms with Crippen molar-refractivity contribution in [3.05, 3.63) is 0 Å². The van der Waals surface area contributed by atoms with Crippen molar-refractivity contribution in [2.24, 2.45) is 11.5 Å². The molecule has 3 heteroatoms. The first-order valence-electron chi connectivity index (χ1n) is 4.21. The van der Waals surface area contributed by atoms with Crippen molar-refractivity contribution >= 4 is 12.4 Å². The van der Waals surface area contributed by atoms with Crippen molar-refractivity contribution in [2.75, 3.05) is 0 Å². The van der Waals surface area contributed by atoms with Gasteiger partial charge in [-0.2, -0.15) is 0 Å². The fraction of sp³-hybridized carbons (Fsp3) is 1.00. The smallest absolute Gasteiger partial charge is 0.0152 e. The van der Waals surface area contributed by atoms with Crippen molar-refractivity contribution in [3.8, 4) is 0 Å². The third-order valence-electron chi connectivity index (χ3n) is 2.73. The van der Waals surface area contributed by atoms with E-state index in [1.807, 2.05) is 0 Å². The van der Waals surface area contributed by atoms with Crippen LogP contribution in [-0.4, -0.2) is 11.6 Å². The van der Waals surface area contributed by atoms with Crippen LogP contribution in [0.3, 0.4) is 0 Å². The molecule has 4 N–H and O–H groups in total. The lowest BCUT2D eigenvalue weighted by Gasteiger charge is -2.35. The van der Waals surface area contributed by atoms with E-state index in [2.05, 4.69) is 6.92 Å². The molecule has 1 saturated carbocycles. The molecular weight excluding hydrogens is 160 g/mol. The molecule has 2 nitrogen and oxygen atoms in total. The molecule has 0 radical (unpaired) electrons. The molecule has 1 aliphatic rings. The summed E-state index contributed by atoms with van der Waals surface area (Å²) in [7, 11) is 0. The summed E-state index contributed by atoms with van der Waals surface area (Å²) in [5.74, 6) is 0. The van der Waals surface area contributed by atoms with Crippen molar-refractivity contribution in [3.63, 3.8) is 0 Å². The topological polar surface area (TPSA) is 52.0 Å². The van der Waals surface area contributed by atoms with Gasteiger partial charge >= 0.3 is 0 Å². The van der Waals surface area contributed by atoms with Crippen LogP contribution in [0.2, 0.25) is 0 Å². The molecule has 1 rings (SSSR count). The van der Waals surface area contributed by atoms with Crippen LogP contribution in [0.4, 0.5) is 0 Å². The number of nitrogens with two attached hydrogens (primary N) is 2. The Bertz CT molecular complexity index is 109. The maximum atomic E-state index is 6.06. The Labute approximate surface area is 75.1 Å². The maximum Gasteiger partial charge on any atom is 0.0152 e. The Morgan fingerprint density at radius 1 is 1.36 bits per heavy atom. The summed E-state index contributed by atoms with van der Waals surface area (Å²) in [6.45, 7) is 2.16. The second-order valence-electron chi connectivity index (χ2n) is 3.55. The summed E-state index contributed by atoms with van der Waals surface area (Å²) in [6.07, 6.45) is 5.56. The fourth-order valence-electron chi connectivity index (χ4n) is 1.57. The van der Waals surface area contributed by atoms with E-state index in [-0.39, 0.29) is 17.9 Å². The predicted molar refractivity (Wildman–Crippen MR) is 50.9 cm³/mol. The minimum absolute atomic E-state index is 0. The molecule has 0 aromatic carbocycles. The zero-order chi connectivity index (χ0) is 7.61. The van der Waals surface area contributed by atoms with Gasteiger partial charge in [0.15, 0.2) is 0 Å². The Kier molecular flexibility index (Phi) is 4.37. The first kappa shape index (κ1) is 11.2. The van der Waals surface area contributed by atoms with Gasteiger partial charge < -0.3 is 11.5 Å². The van der Waals surface area contributed by atoms with E-state index < -0.39 is 0 Å². The number of hydrogen-bond acceptors (Lipinski definition) is 2. The lowest BCUT2D eigenvalue weighted by atomic mass is 9.79. The highest BCUT2D eigenvalue weighted by Gasteiger charge is 2.27. The van der Waals surface area contributed by atoms with Crippen molar-refractivity contribution < 1.29 is 0 Å². The Balaban J connectivity index is 0.000001000. The molecule has 68 valence electrons. The maximum absolute atomic E-state index is 6.06. The van der Waals surface area contributed by atoms with E-state index in [1.165, 1.54) is 0 Å². The second kappa shape index (κ2) is 4.29. The van der Waals surface area contributed by atoms with Crippen LogP contribution in [0.15, 0.2) is 0 Å². The van der Waals surface area contributed by atoms with E-state index in [9.17, 15) is 0 Å². The summed E-state index contributed by atoms with van der Waals surface area (Å²) in [5.41, 5.74) is 11.9. The number of rotatable bonds is 1. The molecule has 0 atom stereocenters. The lowest BCUT2D eigenvalue weighted by Crippen LogP contribution is -2.45. The number of halogens is 1. The quantitative estimate of drug-likeness (QED) is 0.638. The Hall–Kier alpha value is 0.210. The highest BCUT2D eigenvalue weighted by molar-refractivity contribution is 5.85. The first-order valence-corrected chi connectivity index (χ1v) is 4.21. The molecule has 0 saturated heterocycles. The van der Waals surface area contributed by atoms with Gasteiger partial charge in [-0.15, -0.1) is 12.4 Å². The van der Waals surface area contributed by atoms with Gasteiger partial charge in [-0.3, -0.25) is 0 Å². The van der Waals surface area contributed by atoms with Gasteiger partial charge in [-0.1, -0.05) is 6.92 Å². The average molecular weight is 179 g/mol. The predicted octanol–water partition coefficient (Wildman–Crippen LogP) is 1.42. The van der Waals surface area contributed by atoms with E-state index in [1.54, 1.807) is 0 Å². The average Bonchev–Trinajstić information content (AvgIpc) is 1.96. The van der Waals surface area contributed by atoms with Crippen LogP contribution in [0, 0.1) is 0 Å². The molecule has 0 aromatic rings. The summed E-state index contributed by atoms with van der Waals surface area (Å²) in [4.78, 5) is 0. The van der Waals surface area contributed by atoms with Crippen LogP contribution in [0.25, 0.3) is 0 Å². The van der Waals surface area contributed by atoms with Crippen molar-refractivity contribution in [1.29, 1.82) is 0 Å². The molecule has 0 bridgehead atoms. The molecule has 0 aliphatic heterocycles. The van der Waals surface area contributed by atoms with Crippen LogP contribution in [0.5, 0.6) is 0 Å². The standard InChI is InChI=1S/C8H18N2.ClH/c1-2-8(10)5-3-7(9)4-6-8;/h7H,2-6,9-10H2,1H3;1H.